The number of morpholine rings is 1. The highest BCUT2D eigenvalue weighted by Gasteiger charge is 2.54. The maximum Gasteiger partial charge on any atom is 0.192 e. The molecule has 0 N–H and O–H groups in total. The molecular weight excluding hydrogens is 373 g/mol. The van der Waals surface area contributed by atoms with E-state index >= 15 is 0 Å². The molecule has 0 amide bonds. The lowest BCUT2D eigenvalue weighted by Gasteiger charge is -2.55. The summed E-state index contributed by atoms with van der Waals surface area (Å²) in [7, 11) is -3.60. The van der Waals surface area contributed by atoms with Gasteiger partial charge >= 0.3 is 0 Å². The Hall–Kier alpha value is 0.924. The normalized spacial score (nSPS) is 24.1. The zero-order valence-electron chi connectivity index (χ0n) is 16.4. The fraction of sp³-hybridized carbons (Fsp3) is 1.00. The van der Waals surface area contributed by atoms with Gasteiger partial charge in [-0.3, -0.25) is 4.90 Å². The Kier molecular flexibility index (Phi) is 6.98. The zero-order valence-corrected chi connectivity index (χ0v) is 20.1. The van der Waals surface area contributed by atoms with Crippen LogP contribution in [0.5, 0.6) is 0 Å². The van der Waals surface area contributed by atoms with Crippen molar-refractivity contribution in [2.24, 2.45) is 0 Å². The summed E-state index contributed by atoms with van der Waals surface area (Å²) in [4.78, 5) is 2.59. The van der Waals surface area contributed by atoms with Crippen molar-refractivity contribution in [3.8, 4) is 0 Å². The van der Waals surface area contributed by atoms with Gasteiger partial charge in [0.2, 0.25) is 0 Å². The lowest BCUT2D eigenvalue weighted by Crippen LogP contribution is -2.56. The second-order valence-corrected chi connectivity index (χ2v) is 22.2. The molecule has 0 spiro atoms. The second-order valence-electron chi connectivity index (χ2n) is 9.05. The summed E-state index contributed by atoms with van der Waals surface area (Å²) in [6.45, 7) is 14.6. The van der Waals surface area contributed by atoms with Crippen LogP contribution in [0.1, 0.15) is 32.1 Å². The van der Waals surface area contributed by atoms with Crippen molar-refractivity contribution < 1.29 is 13.2 Å². The van der Waals surface area contributed by atoms with E-state index in [0.29, 0.717) is 0 Å². The first-order valence-corrected chi connectivity index (χ1v) is 18.8. The number of hydrogen-bond donors (Lipinski definition) is 0. The van der Waals surface area contributed by atoms with Gasteiger partial charge < -0.3 is 13.2 Å². The summed E-state index contributed by atoms with van der Waals surface area (Å²) in [5.74, 6) is 0. The van der Waals surface area contributed by atoms with Crippen LogP contribution < -0.4 is 0 Å². The summed E-state index contributed by atoms with van der Waals surface area (Å²) in [5, 5.41) is -0.0784. The van der Waals surface area contributed by atoms with Crippen molar-refractivity contribution in [1.29, 1.82) is 0 Å². The molecule has 0 radical (unpaired) electrons. The molecule has 2 rings (SSSR count). The van der Waals surface area contributed by atoms with Crippen molar-refractivity contribution >= 4 is 34.9 Å². The Bertz CT molecular complexity index is 447. The van der Waals surface area contributed by atoms with Gasteiger partial charge in [-0.05, 0) is 63.9 Å². The number of nitrogens with zero attached hydrogens (tertiary/aromatic N) is 1. The van der Waals surface area contributed by atoms with Crippen molar-refractivity contribution in [3.63, 3.8) is 0 Å². The number of ether oxygens (including phenoxy) is 1. The Balaban J connectivity index is 2.45. The molecule has 1 heterocycles. The first kappa shape index (κ1) is 21.2. The molecule has 24 heavy (non-hydrogen) atoms. The minimum Gasteiger partial charge on any atom is -0.379 e. The van der Waals surface area contributed by atoms with Gasteiger partial charge in [-0.15, -0.1) is 0 Å². The quantitative estimate of drug-likeness (QED) is 0.455. The monoisotopic (exact) mass is 409 g/mol. The van der Waals surface area contributed by atoms with E-state index in [4.69, 9.17) is 25.0 Å². The average molecular weight is 410 g/mol. The summed E-state index contributed by atoms with van der Waals surface area (Å²) in [6.07, 6.45) is 6.03. The Morgan fingerprint density at radius 3 is 1.75 bits per heavy atom. The highest BCUT2D eigenvalue weighted by atomic mass is 32.5. The van der Waals surface area contributed by atoms with E-state index in [1.807, 2.05) is 0 Å². The maximum absolute atomic E-state index is 6.79. The topological polar surface area (TPSA) is 30.9 Å². The predicted octanol–water partition coefficient (Wildman–Crippen LogP) is 4.99. The molecule has 1 aliphatic carbocycles. The summed E-state index contributed by atoms with van der Waals surface area (Å²) < 4.78 is 19.2. The molecule has 4 nitrogen and oxygen atoms in total. The van der Waals surface area contributed by atoms with Crippen LogP contribution in [0.3, 0.4) is 0 Å². The van der Waals surface area contributed by atoms with Crippen molar-refractivity contribution in [2.75, 3.05) is 26.3 Å². The van der Waals surface area contributed by atoms with Gasteiger partial charge in [-0.25, -0.2) is 0 Å². The highest BCUT2D eigenvalue weighted by Crippen LogP contribution is 2.68. The average Bonchev–Trinajstić information content (AvgIpc) is 2.45. The smallest absolute Gasteiger partial charge is 0.192 e. The van der Waals surface area contributed by atoms with Crippen LogP contribution in [0.15, 0.2) is 0 Å². The van der Waals surface area contributed by atoms with E-state index in [2.05, 4.69) is 44.2 Å². The molecular formula is C16H36NO3PSSi2. The van der Waals surface area contributed by atoms with E-state index in [9.17, 15) is 0 Å². The zero-order chi connectivity index (χ0) is 18.1. The third-order valence-corrected chi connectivity index (χ3v) is 15.0. The van der Waals surface area contributed by atoms with E-state index in [1.54, 1.807) is 0 Å². The molecule has 0 aromatic carbocycles. The molecule has 0 aromatic rings. The maximum atomic E-state index is 6.79. The van der Waals surface area contributed by atoms with E-state index in [1.165, 1.54) is 19.3 Å². The van der Waals surface area contributed by atoms with Crippen LogP contribution in [0.25, 0.3) is 0 Å². The largest absolute Gasteiger partial charge is 0.379 e. The van der Waals surface area contributed by atoms with Crippen LogP contribution >= 0.6 is 6.49 Å². The molecule has 8 heteroatoms. The molecule has 142 valence electrons. The van der Waals surface area contributed by atoms with Crippen LogP contribution in [-0.2, 0) is 25.0 Å². The van der Waals surface area contributed by atoms with Crippen LogP contribution in [0.4, 0.5) is 0 Å². The standard InChI is InChI=1S/C16H36NO3PSSi2/c1-23(2,3)19-21(22,20-24(4,5)6)16(10-8-7-9-11-16)17-12-14-18-15-13-17/h7-15H2,1-6H3. The van der Waals surface area contributed by atoms with E-state index < -0.39 is 23.1 Å². The molecule has 0 unspecified atom stereocenters. The first-order valence-electron chi connectivity index (χ1n) is 9.32. The molecule has 1 saturated heterocycles. The summed E-state index contributed by atoms with van der Waals surface area (Å²) in [5.41, 5.74) is 0. The number of hydrogen-bond acceptors (Lipinski definition) is 5. The predicted molar refractivity (Wildman–Crippen MR) is 111 cm³/mol. The summed E-state index contributed by atoms with van der Waals surface area (Å²) >= 11 is 6.36. The van der Waals surface area contributed by atoms with E-state index in [0.717, 1.165) is 39.1 Å². The van der Waals surface area contributed by atoms with Crippen LogP contribution in [-0.4, -0.2) is 53.1 Å². The SMILES string of the molecule is C[Si](C)(C)OP(=S)(O[Si](C)(C)C)C1(N2CCOCC2)CCCCC1. The third kappa shape index (κ3) is 5.22. The van der Waals surface area contributed by atoms with Crippen LogP contribution in [0.2, 0.25) is 39.3 Å². The molecule has 0 bridgehead atoms. The highest BCUT2D eigenvalue weighted by molar-refractivity contribution is 8.11. The third-order valence-electron chi connectivity index (χ3n) is 4.55. The van der Waals surface area contributed by atoms with Gasteiger partial charge in [0, 0.05) is 13.1 Å². The Morgan fingerprint density at radius 2 is 1.33 bits per heavy atom. The van der Waals surface area contributed by atoms with Gasteiger partial charge in [0.05, 0.1) is 18.5 Å². The fourth-order valence-electron chi connectivity index (χ4n) is 3.77. The minimum atomic E-state index is -2.41. The minimum absolute atomic E-state index is 0.0784. The Labute approximate surface area is 156 Å². The van der Waals surface area contributed by atoms with Gasteiger partial charge in [0.15, 0.2) is 23.1 Å². The molecule has 1 aliphatic heterocycles. The molecule has 2 aliphatic rings. The van der Waals surface area contributed by atoms with Gasteiger partial charge in [-0.2, -0.15) is 0 Å². The van der Waals surface area contributed by atoms with Crippen molar-refractivity contribution in [1.82, 2.24) is 4.90 Å². The molecule has 0 aromatic heterocycles. The molecule has 1 saturated carbocycles. The summed E-state index contributed by atoms with van der Waals surface area (Å²) in [6, 6.07) is 0. The fourth-order valence-corrected chi connectivity index (χ4v) is 17.7. The molecule has 0 atom stereocenters. The van der Waals surface area contributed by atoms with Gasteiger partial charge in [0.25, 0.3) is 0 Å². The lowest BCUT2D eigenvalue weighted by atomic mass is 9.93. The molecule has 2 fully saturated rings. The van der Waals surface area contributed by atoms with Crippen LogP contribution in [0, 0.1) is 0 Å². The first-order chi connectivity index (χ1) is 11.0. The van der Waals surface area contributed by atoms with Gasteiger partial charge in [-0.1, -0.05) is 19.3 Å². The number of rotatable bonds is 6. The Morgan fingerprint density at radius 1 is 0.875 bits per heavy atom. The van der Waals surface area contributed by atoms with Crippen molar-refractivity contribution in [3.05, 3.63) is 0 Å². The van der Waals surface area contributed by atoms with Gasteiger partial charge in [0.1, 0.15) is 0 Å². The van der Waals surface area contributed by atoms with Crippen molar-refractivity contribution in [2.45, 2.75) is 76.7 Å². The van der Waals surface area contributed by atoms with E-state index in [-0.39, 0.29) is 5.28 Å². The second kappa shape index (κ2) is 7.89. The lowest BCUT2D eigenvalue weighted by molar-refractivity contribution is -0.00955.